The Hall–Kier alpha value is -2.82. The lowest BCUT2D eigenvalue weighted by Gasteiger charge is -2.12. The second kappa shape index (κ2) is 8.71. The molecule has 0 aliphatic carbocycles. The topological polar surface area (TPSA) is 56.1 Å². The average Bonchev–Trinajstić information content (AvgIpc) is 3.02. The average molecular weight is 365 g/mol. The number of carbonyl (C=O) groups excluding carboxylic acids is 1. The number of fused-ring (bicyclic) bond motifs is 1. The third kappa shape index (κ3) is 4.88. The lowest BCUT2D eigenvalue weighted by atomic mass is 10.2. The van der Waals surface area contributed by atoms with Crippen LogP contribution in [0.15, 0.2) is 48.5 Å². The molecule has 0 fully saturated rings. The molecule has 27 heavy (non-hydrogen) atoms. The Kier molecular flexibility index (Phi) is 6.12. The van der Waals surface area contributed by atoms with Gasteiger partial charge in [0.1, 0.15) is 11.6 Å². The SMILES string of the molecule is Cc1ccc(OCCCn2c(CNC(=O)C(C)C)nc3ccccc32)cc1. The zero-order valence-corrected chi connectivity index (χ0v) is 16.2. The number of rotatable bonds is 8. The maximum atomic E-state index is 11.9. The number of para-hydroxylation sites is 2. The maximum Gasteiger partial charge on any atom is 0.222 e. The van der Waals surface area contributed by atoms with Gasteiger partial charge in [0.25, 0.3) is 0 Å². The van der Waals surface area contributed by atoms with Gasteiger partial charge in [0.05, 0.1) is 24.2 Å². The maximum absolute atomic E-state index is 11.9. The van der Waals surface area contributed by atoms with Gasteiger partial charge in [0.2, 0.25) is 5.91 Å². The second-order valence-corrected chi connectivity index (χ2v) is 7.06. The molecule has 5 nitrogen and oxygen atoms in total. The number of nitrogens with one attached hydrogen (secondary N) is 1. The second-order valence-electron chi connectivity index (χ2n) is 7.06. The smallest absolute Gasteiger partial charge is 0.222 e. The van der Waals surface area contributed by atoms with Crippen LogP contribution >= 0.6 is 0 Å². The molecule has 1 amide bonds. The third-order valence-corrected chi connectivity index (χ3v) is 4.49. The molecule has 0 unspecified atom stereocenters. The highest BCUT2D eigenvalue weighted by atomic mass is 16.5. The van der Waals surface area contributed by atoms with Crippen LogP contribution < -0.4 is 10.1 Å². The highest BCUT2D eigenvalue weighted by molar-refractivity contribution is 5.78. The van der Waals surface area contributed by atoms with E-state index < -0.39 is 0 Å². The monoisotopic (exact) mass is 365 g/mol. The number of benzene rings is 2. The van der Waals surface area contributed by atoms with Gasteiger partial charge in [-0.3, -0.25) is 4.79 Å². The van der Waals surface area contributed by atoms with Crippen LogP contribution in [0.3, 0.4) is 0 Å². The minimum absolute atomic E-state index is 0.0364. The molecule has 0 bridgehead atoms. The number of hydrogen-bond donors (Lipinski definition) is 1. The Morgan fingerprint density at radius 3 is 2.63 bits per heavy atom. The molecule has 0 saturated carbocycles. The fraction of sp³-hybridized carbons (Fsp3) is 0.364. The highest BCUT2D eigenvalue weighted by Crippen LogP contribution is 2.17. The van der Waals surface area contributed by atoms with Gasteiger partial charge in [-0.25, -0.2) is 4.98 Å². The van der Waals surface area contributed by atoms with Crippen LogP contribution in [0.2, 0.25) is 0 Å². The van der Waals surface area contributed by atoms with E-state index in [2.05, 4.69) is 22.9 Å². The van der Waals surface area contributed by atoms with Crippen molar-refractivity contribution in [3.05, 3.63) is 59.9 Å². The number of ether oxygens (including phenoxy) is 1. The summed E-state index contributed by atoms with van der Waals surface area (Å²) in [5.41, 5.74) is 3.26. The van der Waals surface area contributed by atoms with Crippen LogP contribution in [0.25, 0.3) is 11.0 Å². The molecule has 3 aromatic rings. The van der Waals surface area contributed by atoms with Crippen molar-refractivity contribution in [3.8, 4) is 5.75 Å². The summed E-state index contributed by atoms with van der Waals surface area (Å²) < 4.78 is 8.01. The number of imidazole rings is 1. The van der Waals surface area contributed by atoms with Crippen molar-refractivity contribution in [1.82, 2.24) is 14.9 Å². The molecule has 0 radical (unpaired) electrons. The minimum atomic E-state index is -0.0364. The van der Waals surface area contributed by atoms with Crippen molar-refractivity contribution in [2.24, 2.45) is 5.92 Å². The first-order valence-corrected chi connectivity index (χ1v) is 9.46. The van der Waals surface area contributed by atoms with Gasteiger partial charge in [0.15, 0.2) is 0 Å². The Labute approximate surface area is 160 Å². The molecular formula is C22H27N3O2. The summed E-state index contributed by atoms with van der Waals surface area (Å²) in [6, 6.07) is 16.2. The molecule has 0 aliphatic rings. The molecule has 1 aromatic heterocycles. The van der Waals surface area contributed by atoms with Crippen molar-refractivity contribution < 1.29 is 9.53 Å². The van der Waals surface area contributed by atoms with Crippen LogP contribution in [-0.2, 0) is 17.9 Å². The van der Waals surface area contributed by atoms with Gasteiger partial charge in [-0.1, -0.05) is 43.7 Å². The van der Waals surface area contributed by atoms with Gasteiger partial charge in [-0.15, -0.1) is 0 Å². The van der Waals surface area contributed by atoms with Crippen LogP contribution in [0.5, 0.6) is 5.75 Å². The Balaban J connectivity index is 1.65. The van der Waals surface area contributed by atoms with E-state index in [1.807, 2.05) is 56.3 Å². The third-order valence-electron chi connectivity index (χ3n) is 4.49. The summed E-state index contributed by atoms with van der Waals surface area (Å²) in [5, 5.41) is 2.97. The van der Waals surface area contributed by atoms with E-state index in [1.165, 1.54) is 5.56 Å². The zero-order valence-electron chi connectivity index (χ0n) is 16.2. The van der Waals surface area contributed by atoms with Gasteiger partial charge in [0, 0.05) is 12.5 Å². The van der Waals surface area contributed by atoms with E-state index in [4.69, 9.17) is 9.72 Å². The summed E-state index contributed by atoms with van der Waals surface area (Å²) in [5.74, 6) is 1.77. The van der Waals surface area contributed by atoms with E-state index in [9.17, 15) is 4.79 Å². The standard InChI is InChI=1S/C22H27N3O2/c1-16(2)22(26)23-15-21-24-19-7-4-5-8-20(19)25(21)13-6-14-27-18-11-9-17(3)10-12-18/h4-5,7-12,16H,6,13-15H2,1-3H3,(H,23,26). The fourth-order valence-corrected chi connectivity index (χ4v) is 2.93. The van der Waals surface area contributed by atoms with Gasteiger partial charge >= 0.3 is 0 Å². The lowest BCUT2D eigenvalue weighted by molar-refractivity contribution is -0.124. The van der Waals surface area contributed by atoms with Crippen LogP contribution in [0.4, 0.5) is 0 Å². The van der Waals surface area contributed by atoms with E-state index in [-0.39, 0.29) is 11.8 Å². The molecule has 3 rings (SSSR count). The molecule has 5 heteroatoms. The lowest BCUT2D eigenvalue weighted by Crippen LogP contribution is -2.28. The minimum Gasteiger partial charge on any atom is -0.494 e. The molecular weight excluding hydrogens is 338 g/mol. The first kappa shape index (κ1) is 19.0. The number of nitrogens with zero attached hydrogens (tertiary/aromatic N) is 2. The first-order chi connectivity index (χ1) is 13.0. The van der Waals surface area contributed by atoms with E-state index in [1.54, 1.807) is 0 Å². The van der Waals surface area contributed by atoms with Gasteiger partial charge in [-0.2, -0.15) is 0 Å². The summed E-state index contributed by atoms with van der Waals surface area (Å²) in [7, 11) is 0. The molecule has 0 saturated heterocycles. The Morgan fingerprint density at radius 1 is 1.15 bits per heavy atom. The number of amides is 1. The quantitative estimate of drug-likeness (QED) is 0.612. The van der Waals surface area contributed by atoms with Crippen molar-refractivity contribution in [1.29, 1.82) is 0 Å². The van der Waals surface area contributed by atoms with Crippen molar-refractivity contribution in [3.63, 3.8) is 0 Å². The van der Waals surface area contributed by atoms with Crippen LogP contribution in [0.1, 0.15) is 31.7 Å². The van der Waals surface area contributed by atoms with Gasteiger partial charge < -0.3 is 14.6 Å². The molecule has 0 aliphatic heterocycles. The summed E-state index contributed by atoms with van der Waals surface area (Å²) in [4.78, 5) is 16.6. The molecule has 1 N–H and O–H groups in total. The summed E-state index contributed by atoms with van der Waals surface area (Å²) >= 11 is 0. The van der Waals surface area contributed by atoms with E-state index >= 15 is 0 Å². The molecule has 2 aromatic carbocycles. The number of aryl methyl sites for hydroxylation is 2. The van der Waals surface area contributed by atoms with E-state index in [0.29, 0.717) is 13.2 Å². The number of hydrogen-bond acceptors (Lipinski definition) is 3. The van der Waals surface area contributed by atoms with Gasteiger partial charge in [-0.05, 0) is 37.6 Å². The van der Waals surface area contributed by atoms with Crippen molar-refractivity contribution in [2.75, 3.05) is 6.61 Å². The van der Waals surface area contributed by atoms with Crippen LogP contribution in [-0.4, -0.2) is 22.1 Å². The zero-order chi connectivity index (χ0) is 19.2. The van der Waals surface area contributed by atoms with E-state index in [0.717, 1.165) is 35.6 Å². The van der Waals surface area contributed by atoms with Crippen molar-refractivity contribution >= 4 is 16.9 Å². The largest absolute Gasteiger partial charge is 0.494 e. The Bertz CT molecular complexity index is 898. The fourth-order valence-electron chi connectivity index (χ4n) is 2.93. The predicted octanol–water partition coefficient (Wildman–Crippen LogP) is 4.09. The number of carbonyl (C=O) groups is 1. The summed E-state index contributed by atoms with van der Waals surface area (Å²) in [6.07, 6.45) is 0.860. The molecule has 142 valence electrons. The molecule has 1 heterocycles. The number of aromatic nitrogens is 2. The van der Waals surface area contributed by atoms with Crippen molar-refractivity contribution in [2.45, 2.75) is 40.3 Å². The first-order valence-electron chi connectivity index (χ1n) is 9.46. The Morgan fingerprint density at radius 2 is 1.89 bits per heavy atom. The normalized spacial score (nSPS) is 11.1. The molecule has 0 atom stereocenters. The molecule has 0 spiro atoms. The predicted molar refractivity (Wildman–Crippen MR) is 108 cm³/mol. The summed E-state index contributed by atoms with van der Waals surface area (Å²) in [6.45, 7) is 7.70. The highest BCUT2D eigenvalue weighted by Gasteiger charge is 2.12. The van der Waals surface area contributed by atoms with Crippen LogP contribution in [0, 0.1) is 12.8 Å².